The number of hydrogen-bond acceptors (Lipinski definition) is 5. The number of thioether (sulfide) groups is 1. The van der Waals surface area contributed by atoms with Crippen LogP contribution in [-0.4, -0.2) is 22.6 Å². The lowest BCUT2D eigenvalue weighted by molar-refractivity contribution is -0.113. The van der Waals surface area contributed by atoms with E-state index in [0.717, 1.165) is 20.1 Å². The molecule has 0 unspecified atom stereocenters. The minimum absolute atomic E-state index is 0.129. The van der Waals surface area contributed by atoms with Crippen LogP contribution < -0.4 is 10.6 Å². The Hall–Kier alpha value is -2.58. The quantitative estimate of drug-likeness (QED) is 0.282. The molecule has 0 bridgehead atoms. The monoisotopic (exact) mass is 501 g/mol. The lowest BCUT2D eigenvalue weighted by atomic mass is 10.2. The van der Waals surface area contributed by atoms with E-state index in [1.165, 1.54) is 23.1 Å². The van der Waals surface area contributed by atoms with Crippen LogP contribution in [0.2, 0.25) is 10.0 Å². The normalized spacial score (nSPS) is 10.8. The van der Waals surface area contributed by atoms with Crippen LogP contribution in [0, 0.1) is 6.92 Å². The van der Waals surface area contributed by atoms with Gasteiger partial charge < -0.3 is 10.6 Å². The average Bonchev–Trinajstić information content (AvgIpc) is 3.18. The van der Waals surface area contributed by atoms with Crippen molar-refractivity contribution in [3.8, 4) is 0 Å². The third-order valence-electron chi connectivity index (χ3n) is 4.60. The number of carbonyl (C=O) groups is 2. The summed E-state index contributed by atoms with van der Waals surface area (Å²) in [6.07, 6.45) is 0. The average molecular weight is 502 g/mol. The van der Waals surface area contributed by atoms with Crippen LogP contribution >= 0.6 is 46.3 Å². The van der Waals surface area contributed by atoms with E-state index >= 15 is 0 Å². The third-order valence-corrected chi connectivity index (χ3v) is 7.42. The van der Waals surface area contributed by atoms with Crippen LogP contribution in [0.25, 0.3) is 10.2 Å². The van der Waals surface area contributed by atoms with Gasteiger partial charge in [-0.2, -0.15) is 0 Å². The van der Waals surface area contributed by atoms with E-state index in [1.54, 1.807) is 42.5 Å². The number of nitrogens with one attached hydrogen (secondary N) is 2. The number of thiazole rings is 1. The van der Waals surface area contributed by atoms with Gasteiger partial charge in [0.05, 0.1) is 16.0 Å². The molecule has 0 fully saturated rings. The molecule has 3 aromatic carbocycles. The molecule has 1 aromatic heterocycles. The predicted octanol–water partition coefficient (Wildman–Crippen LogP) is 6.89. The highest BCUT2D eigenvalue weighted by Gasteiger charge is 2.12. The van der Waals surface area contributed by atoms with Crippen molar-refractivity contribution in [3.05, 3.63) is 81.8 Å². The summed E-state index contributed by atoms with van der Waals surface area (Å²) in [6, 6.07) is 17.6. The largest absolute Gasteiger partial charge is 0.325 e. The molecule has 2 amide bonds. The molecule has 9 heteroatoms. The number of amides is 2. The SMILES string of the molecule is Cc1c(Cl)cccc1NC(=O)CSc1nc2ccc(NC(=O)c3ccc(Cl)cc3)cc2s1. The first-order valence-corrected chi connectivity index (χ1v) is 12.1. The van der Waals surface area contributed by atoms with Gasteiger partial charge >= 0.3 is 0 Å². The summed E-state index contributed by atoms with van der Waals surface area (Å²) < 4.78 is 1.70. The number of fused-ring (bicyclic) bond motifs is 1. The van der Waals surface area contributed by atoms with Crippen molar-refractivity contribution in [1.29, 1.82) is 0 Å². The fourth-order valence-corrected chi connectivity index (χ4v) is 5.11. The zero-order chi connectivity index (χ0) is 22.7. The molecule has 5 nitrogen and oxygen atoms in total. The van der Waals surface area contributed by atoms with Gasteiger partial charge in [0.15, 0.2) is 4.34 Å². The lowest BCUT2D eigenvalue weighted by Crippen LogP contribution is -2.14. The second kappa shape index (κ2) is 9.92. The molecule has 4 aromatic rings. The Bertz CT molecular complexity index is 1310. The van der Waals surface area contributed by atoms with Gasteiger partial charge in [0, 0.05) is 27.0 Å². The van der Waals surface area contributed by atoms with Gasteiger partial charge in [-0.05, 0) is 67.1 Å². The van der Waals surface area contributed by atoms with Crippen molar-refractivity contribution >= 4 is 79.7 Å². The number of rotatable bonds is 6. The molecule has 162 valence electrons. The van der Waals surface area contributed by atoms with Gasteiger partial charge in [-0.15, -0.1) is 11.3 Å². The maximum absolute atomic E-state index is 12.4. The van der Waals surface area contributed by atoms with Crippen molar-refractivity contribution in [1.82, 2.24) is 4.98 Å². The first kappa shape index (κ1) is 22.6. The van der Waals surface area contributed by atoms with Gasteiger partial charge in [0.25, 0.3) is 5.91 Å². The van der Waals surface area contributed by atoms with Gasteiger partial charge in [0.1, 0.15) is 0 Å². The Morgan fingerprint density at radius 2 is 1.81 bits per heavy atom. The van der Waals surface area contributed by atoms with E-state index in [2.05, 4.69) is 15.6 Å². The molecule has 0 aliphatic heterocycles. The van der Waals surface area contributed by atoms with Crippen LogP contribution in [0.4, 0.5) is 11.4 Å². The molecule has 1 heterocycles. The van der Waals surface area contributed by atoms with Crippen molar-refractivity contribution in [2.45, 2.75) is 11.3 Å². The molecule has 0 atom stereocenters. The zero-order valence-electron chi connectivity index (χ0n) is 16.8. The fraction of sp³-hybridized carbons (Fsp3) is 0.0870. The van der Waals surface area contributed by atoms with E-state index in [9.17, 15) is 9.59 Å². The molecule has 0 radical (unpaired) electrons. The highest BCUT2D eigenvalue weighted by Crippen LogP contribution is 2.32. The minimum Gasteiger partial charge on any atom is -0.325 e. The predicted molar refractivity (Wildman–Crippen MR) is 135 cm³/mol. The maximum atomic E-state index is 12.4. The molecule has 0 saturated heterocycles. The molecular formula is C23H17Cl2N3O2S2. The Morgan fingerprint density at radius 1 is 1.03 bits per heavy atom. The van der Waals surface area contributed by atoms with Gasteiger partial charge in [0.2, 0.25) is 5.91 Å². The topological polar surface area (TPSA) is 71.1 Å². The van der Waals surface area contributed by atoms with E-state index < -0.39 is 0 Å². The Labute approximate surface area is 203 Å². The van der Waals surface area contributed by atoms with Crippen molar-refractivity contribution in [3.63, 3.8) is 0 Å². The number of aromatic nitrogens is 1. The molecule has 0 saturated carbocycles. The van der Waals surface area contributed by atoms with E-state index in [-0.39, 0.29) is 17.6 Å². The summed E-state index contributed by atoms with van der Waals surface area (Å²) in [5.41, 5.74) is 3.55. The smallest absolute Gasteiger partial charge is 0.255 e. The van der Waals surface area contributed by atoms with Crippen LogP contribution in [0.3, 0.4) is 0 Å². The zero-order valence-corrected chi connectivity index (χ0v) is 20.0. The Kier molecular flexibility index (Phi) is 7.01. The molecule has 0 aliphatic carbocycles. The van der Waals surface area contributed by atoms with Crippen molar-refractivity contribution in [2.75, 3.05) is 16.4 Å². The second-order valence-corrected chi connectivity index (χ2v) is 9.97. The molecule has 32 heavy (non-hydrogen) atoms. The number of carbonyl (C=O) groups excluding carboxylic acids is 2. The van der Waals surface area contributed by atoms with E-state index in [0.29, 0.717) is 27.0 Å². The standard InChI is InChI=1S/C23H17Cl2N3O2S2/c1-13-17(25)3-2-4-18(13)27-21(29)12-31-23-28-19-10-9-16(11-20(19)32-23)26-22(30)14-5-7-15(24)8-6-14/h2-11H,12H2,1H3,(H,26,30)(H,27,29). The summed E-state index contributed by atoms with van der Waals surface area (Å²) in [5, 5.41) is 6.95. The van der Waals surface area contributed by atoms with E-state index in [4.69, 9.17) is 23.2 Å². The molecule has 0 spiro atoms. The Morgan fingerprint density at radius 3 is 2.59 bits per heavy atom. The third kappa shape index (κ3) is 5.42. The summed E-state index contributed by atoms with van der Waals surface area (Å²) in [4.78, 5) is 29.3. The lowest BCUT2D eigenvalue weighted by Gasteiger charge is -2.08. The first-order chi connectivity index (χ1) is 15.4. The summed E-state index contributed by atoms with van der Waals surface area (Å²) in [6.45, 7) is 1.86. The number of benzene rings is 3. The number of hydrogen-bond donors (Lipinski definition) is 2. The van der Waals surface area contributed by atoms with Gasteiger partial charge in [-0.1, -0.05) is 41.0 Å². The summed E-state index contributed by atoms with van der Waals surface area (Å²) >= 11 is 14.8. The Balaban J connectivity index is 1.39. The maximum Gasteiger partial charge on any atom is 0.255 e. The van der Waals surface area contributed by atoms with Crippen LogP contribution in [0.15, 0.2) is 65.0 Å². The summed E-state index contributed by atoms with van der Waals surface area (Å²) in [7, 11) is 0. The number of halogens is 2. The minimum atomic E-state index is -0.215. The van der Waals surface area contributed by atoms with Gasteiger partial charge in [-0.25, -0.2) is 4.98 Å². The number of nitrogens with zero attached hydrogens (tertiary/aromatic N) is 1. The van der Waals surface area contributed by atoms with Crippen LogP contribution in [-0.2, 0) is 4.79 Å². The highest BCUT2D eigenvalue weighted by molar-refractivity contribution is 8.01. The highest BCUT2D eigenvalue weighted by atomic mass is 35.5. The van der Waals surface area contributed by atoms with Crippen molar-refractivity contribution < 1.29 is 9.59 Å². The van der Waals surface area contributed by atoms with Gasteiger partial charge in [-0.3, -0.25) is 9.59 Å². The molecule has 0 aliphatic rings. The summed E-state index contributed by atoms with van der Waals surface area (Å²) in [5.74, 6) is -0.116. The molecular weight excluding hydrogens is 485 g/mol. The van der Waals surface area contributed by atoms with Crippen LogP contribution in [0.1, 0.15) is 15.9 Å². The van der Waals surface area contributed by atoms with E-state index in [1.807, 2.05) is 25.1 Å². The molecule has 2 N–H and O–H groups in total. The second-order valence-electron chi connectivity index (χ2n) is 6.87. The van der Waals surface area contributed by atoms with Crippen molar-refractivity contribution in [2.24, 2.45) is 0 Å². The molecule has 4 rings (SSSR count). The van der Waals surface area contributed by atoms with Crippen LogP contribution in [0.5, 0.6) is 0 Å². The fourth-order valence-electron chi connectivity index (χ4n) is 2.90. The number of anilines is 2. The first-order valence-electron chi connectivity index (χ1n) is 9.54.